The molecule has 4 nitrogen and oxygen atoms in total. The third-order valence-corrected chi connectivity index (χ3v) is 6.00. The largest absolute Gasteiger partial charge is 0.328 e. The normalized spacial score (nSPS) is 11.2. The molecule has 0 unspecified atom stereocenters. The van der Waals surface area contributed by atoms with E-state index in [1.165, 1.54) is 0 Å². The summed E-state index contributed by atoms with van der Waals surface area (Å²) >= 11 is 5.06. The van der Waals surface area contributed by atoms with E-state index in [4.69, 9.17) is 0 Å². The Morgan fingerprint density at radius 1 is 1.12 bits per heavy atom. The molecule has 0 spiro atoms. The van der Waals surface area contributed by atoms with Gasteiger partial charge < -0.3 is 10.6 Å². The molecule has 0 radical (unpaired) electrons. The minimum absolute atomic E-state index is 0.230. The second kappa shape index (κ2) is 7.60. The maximum atomic E-state index is 12.4. The minimum Gasteiger partial charge on any atom is -0.328 e. The van der Waals surface area contributed by atoms with Gasteiger partial charge in [0.1, 0.15) is 0 Å². The van der Waals surface area contributed by atoms with Crippen molar-refractivity contribution >= 4 is 39.0 Å². The molecule has 0 fully saturated rings. The number of pyridine rings is 1. The van der Waals surface area contributed by atoms with Crippen LogP contribution in [0.1, 0.15) is 24.4 Å². The average molecular weight is 430 g/mol. The second-order valence-corrected chi connectivity index (χ2v) is 8.42. The van der Waals surface area contributed by atoms with Gasteiger partial charge in [0.05, 0.1) is 5.54 Å². The van der Waals surface area contributed by atoms with Crippen LogP contribution in [0.15, 0.2) is 58.5 Å². The Bertz CT molecular complexity index is 919. The number of nitrogens with zero attached hydrogens (tertiary/aromatic N) is 1. The summed E-state index contributed by atoms with van der Waals surface area (Å²) in [6.07, 6.45) is 1.80. The molecule has 3 aromatic rings. The highest BCUT2D eigenvalue weighted by molar-refractivity contribution is 9.10. The van der Waals surface area contributed by atoms with Crippen molar-refractivity contribution in [2.45, 2.75) is 26.3 Å². The van der Waals surface area contributed by atoms with Gasteiger partial charge in [-0.25, -0.2) is 4.79 Å². The molecular formula is C20H20BrN3OS. The van der Waals surface area contributed by atoms with Crippen molar-refractivity contribution in [3.05, 3.63) is 69.1 Å². The van der Waals surface area contributed by atoms with Crippen molar-refractivity contribution in [3.8, 4) is 11.1 Å². The number of urea groups is 1. The number of carbonyl (C=O) groups excluding carboxylic acids is 1. The lowest BCUT2D eigenvalue weighted by Gasteiger charge is -2.25. The Balaban J connectivity index is 1.66. The van der Waals surface area contributed by atoms with Gasteiger partial charge in [0.15, 0.2) is 0 Å². The predicted molar refractivity (Wildman–Crippen MR) is 112 cm³/mol. The first-order chi connectivity index (χ1) is 12.3. The van der Waals surface area contributed by atoms with Crippen LogP contribution < -0.4 is 10.6 Å². The average Bonchev–Trinajstić information content (AvgIpc) is 3.02. The fraction of sp³-hybridized carbons (Fsp3) is 0.200. The van der Waals surface area contributed by atoms with Gasteiger partial charge >= 0.3 is 6.03 Å². The first kappa shape index (κ1) is 18.6. The number of amides is 2. The highest BCUT2D eigenvalue weighted by atomic mass is 79.9. The highest BCUT2D eigenvalue weighted by Gasteiger charge is 2.24. The number of benzene rings is 1. The van der Waals surface area contributed by atoms with Crippen LogP contribution in [-0.4, -0.2) is 11.0 Å². The minimum atomic E-state index is -0.449. The zero-order valence-corrected chi connectivity index (χ0v) is 17.2. The van der Waals surface area contributed by atoms with Gasteiger partial charge in [0.25, 0.3) is 0 Å². The fourth-order valence-electron chi connectivity index (χ4n) is 2.62. The molecule has 0 aliphatic heterocycles. The number of hydrogen-bond donors (Lipinski definition) is 2. The lowest BCUT2D eigenvalue weighted by Crippen LogP contribution is -2.42. The van der Waals surface area contributed by atoms with E-state index >= 15 is 0 Å². The number of hydrogen-bond acceptors (Lipinski definition) is 3. The SMILES string of the molecule is Cc1cc(-c2ccc(NC(=O)NC(C)(C)c3cc(Br)cs3)cc2)ccn1. The Hall–Kier alpha value is -2.18. The molecule has 0 saturated heterocycles. The molecule has 2 heterocycles. The summed E-state index contributed by atoms with van der Waals surface area (Å²) in [6, 6.07) is 13.6. The van der Waals surface area contributed by atoms with E-state index < -0.39 is 5.54 Å². The molecule has 1 aromatic carbocycles. The van der Waals surface area contributed by atoms with Crippen molar-refractivity contribution in [1.29, 1.82) is 0 Å². The first-order valence-corrected chi connectivity index (χ1v) is 9.87. The molecular weight excluding hydrogens is 410 g/mol. The number of nitrogens with one attached hydrogen (secondary N) is 2. The summed E-state index contributed by atoms with van der Waals surface area (Å²) < 4.78 is 1.02. The smallest absolute Gasteiger partial charge is 0.319 e. The zero-order valence-electron chi connectivity index (χ0n) is 14.8. The number of halogens is 1. The predicted octanol–water partition coefficient (Wildman–Crippen LogP) is 5.94. The third-order valence-electron chi connectivity index (χ3n) is 3.98. The van der Waals surface area contributed by atoms with E-state index in [1.54, 1.807) is 17.5 Å². The van der Waals surface area contributed by atoms with E-state index in [2.05, 4.69) is 31.5 Å². The van der Waals surface area contributed by atoms with E-state index in [0.717, 1.165) is 31.9 Å². The molecule has 0 aliphatic carbocycles. The molecule has 134 valence electrons. The summed E-state index contributed by atoms with van der Waals surface area (Å²) in [4.78, 5) is 17.7. The van der Waals surface area contributed by atoms with Crippen LogP contribution >= 0.6 is 27.3 Å². The van der Waals surface area contributed by atoms with Gasteiger partial charge in [-0.2, -0.15) is 0 Å². The van der Waals surface area contributed by atoms with Gasteiger partial charge in [0, 0.05) is 32.3 Å². The number of anilines is 1. The third kappa shape index (κ3) is 4.51. The molecule has 0 atom stereocenters. The van der Waals surface area contributed by atoms with Crippen LogP contribution in [0.2, 0.25) is 0 Å². The van der Waals surface area contributed by atoms with Gasteiger partial charge in [0.2, 0.25) is 0 Å². The second-order valence-electron chi connectivity index (χ2n) is 6.60. The Morgan fingerprint density at radius 3 is 2.46 bits per heavy atom. The number of rotatable bonds is 4. The van der Waals surface area contributed by atoms with Gasteiger partial charge in [-0.15, -0.1) is 11.3 Å². The van der Waals surface area contributed by atoms with E-state index in [0.29, 0.717) is 0 Å². The highest BCUT2D eigenvalue weighted by Crippen LogP contribution is 2.29. The van der Waals surface area contributed by atoms with Crippen LogP contribution in [0.25, 0.3) is 11.1 Å². The first-order valence-electron chi connectivity index (χ1n) is 8.20. The van der Waals surface area contributed by atoms with Crippen molar-refractivity contribution in [3.63, 3.8) is 0 Å². The molecule has 0 aliphatic rings. The zero-order chi connectivity index (χ0) is 18.7. The summed E-state index contributed by atoms with van der Waals surface area (Å²) in [7, 11) is 0. The molecule has 2 N–H and O–H groups in total. The molecule has 2 aromatic heterocycles. The van der Waals surface area contributed by atoms with E-state index in [9.17, 15) is 4.79 Å². The van der Waals surface area contributed by atoms with E-state index in [-0.39, 0.29) is 6.03 Å². The lowest BCUT2D eigenvalue weighted by atomic mass is 10.0. The number of aryl methyl sites for hydroxylation is 1. The number of thiophene rings is 1. The van der Waals surface area contributed by atoms with Crippen molar-refractivity contribution < 1.29 is 4.79 Å². The fourth-order valence-corrected chi connectivity index (χ4v) is 4.13. The topological polar surface area (TPSA) is 54.0 Å². The summed E-state index contributed by atoms with van der Waals surface area (Å²) in [5, 5.41) is 7.92. The van der Waals surface area contributed by atoms with Crippen LogP contribution in [0.5, 0.6) is 0 Å². The number of carbonyl (C=O) groups is 1. The quantitative estimate of drug-likeness (QED) is 0.539. The lowest BCUT2D eigenvalue weighted by molar-refractivity contribution is 0.242. The Kier molecular flexibility index (Phi) is 5.44. The summed E-state index contributed by atoms with van der Waals surface area (Å²) in [5.74, 6) is 0. The molecule has 0 saturated carbocycles. The molecule has 3 rings (SSSR count). The monoisotopic (exact) mass is 429 g/mol. The van der Waals surface area contributed by atoms with Gasteiger partial charge in [-0.3, -0.25) is 4.98 Å². The van der Waals surface area contributed by atoms with Gasteiger partial charge in [-0.05, 0) is 78.2 Å². The summed E-state index contributed by atoms with van der Waals surface area (Å²) in [5.41, 5.74) is 3.48. The van der Waals surface area contributed by atoms with Crippen LogP contribution in [0.4, 0.5) is 10.5 Å². The Morgan fingerprint density at radius 2 is 1.85 bits per heavy atom. The van der Waals surface area contributed by atoms with E-state index in [1.807, 2.05) is 68.6 Å². The van der Waals surface area contributed by atoms with Crippen LogP contribution in [-0.2, 0) is 5.54 Å². The van der Waals surface area contributed by atoms with Crippen molar-refractivity contribution in [2.24, 2.45) is 0 Å². The van der Waals surface area contributed by atoms with Crippen LogP contribution in [0.3, 0.4) is 0 Å². The molecule has 6 heteroatoms. The maximum Gasteiger partial charge on any atom is 0.319 e. The standard InChI is InChI=1S/C20H20BrN3OS/c1-13-10-15(8-9-22-13)14-4-6-17(7-5-14)23-19(25)24-20(2,3)18-11-16(21)12-26-18/h4-12H,1-3H3,(H2,23,24,25). The maximum absolute atomic E-state index is 12.4. The van der Waals surface area contributed by atoms with Crippen LogP contribution in [0, 0.1) is 6.92 Å². The Labute approximate surface area is 165 Å². The molecule has 26 heavy (non-hydrogen) atoms. The molecule has 0 bridgehead atoms. The van der Waals surface area contributed by atoms with Crippen molar-refractivity contribution in [2.75, 3.05) is 5.32 Å². The number of aromatic nitrogens is 1. The molecule has 2 amide bonds. The van der Waals surface area contributed by atoms with Crippen molar-refractivity contribution in [1.82, 2.24) is 10.3 Å². The summed E-state index contributed by atoms with van der Waals surface area (Å²) in [6.45, 7) is 5.94. The van der Waals surface area contributed by atoms with Gasteiger partial charge in [-0.1, -0.05) is 12.1 Å².